The molecule has 5 atom stereocenters. The zero-order valence-corrected chi connectivity index (χ0v) is 27.4. The highest BCUT2D eigenvalue weighted by atomic mass is 32.7. The molecule has 1 N–H and O–H groups in total. The van der Waals surface area contributed by atoms with Crippen molar-refractivity contribution in [1.82, 2.24) is 0 Å². The van der Waals surface area contributed by atoms with Crippen molar-refractivity contribution in [2.75, 3.05) is 13.2 Å². The first kappa shape index (κ1) is 33.3. The quantitative estimate of drug-likeness (QED) is 0.148. The van der Waals surface area contributed by atoms with Gasteiger partial charge in [0.2, 0.25) is 0 Å². The molecule has 5 heteroatoms. The molecule has 1 aromatic rings. The molecule has 0 aliphatic heterocycles. The third kappa shape index (κ3) is 10.5. The minimum atomic E-state index is -0.187. The second-order valence-electron chi connectivity index (χ2n) is 14.4. The van der Waals surface area contributed by atoms with E-state index in [1.807, 2.05) is 25.2 Å². The molecule has 0 heterocycles. The Morgan fingerprint density at radius 3 is 1.91 bits per heavy atom. The summed E-state index contributed by atoms with van der Waals surface area (Å²) in [7, 11) is 0.380. The average molecular weight is 543 g/mol. The Kier molecular flexibility index (Phi) is 12.3. The molecule has 0 fully saturated rings. The standard InChI is InChI=1S/C30H55O2PS2/c1-22(35-33-32-21-28(8,9)20-31)24(27(5,6)7)19-30(12,34)29(10,11)25(18-26(2,3)4)23-16-14-13-15-17-23/h13-17,22,24-25,31,33-34H,18-21H2,1-12H3. The Bertz CT molecular complexity index is 748. The van der Waals surface area contributed by atoms with Gasteiger partial charge in [-0.15, -0.1) is 11.4 Å². The van der Waals surface area contributed by atoms with Crippen molar-refractivity contribution in [3.63, 3.8) is 0 Å². The Balaban J connectivity index is 3.14. The molecule has 204 valence electrons. The summed E-state index contributed by atoms with van der Waals surface area (Å²) < 4.78 is 5.82. The summed E-state index contributed by atoms with van der Waals surface area (Å²) in [6.07, 6.45) is 2.17. The molecule has 0 saturated carbocycles. The number of hydrogen-bond acceptors (Lipinski definition) is 4. The molecule has 35 heavy (non-hydrogen) atoms. The first-order valence-electron chi connectivity index (χ1n) is 13.1. The molecule has 0 amide bonds. The van der Waals surface area contributed by atoms with Gasteiger partial charge in [0.05, 0.1) is 21.2 Å². The van der Waals surface area contributed by atoms with Crippen LogP contribution in [0.2, 0.25) is 0 Å². The van der Waals surface area contributed by atoms with Crippen molar-refractivity contribution in [2.24, 2.45) is 27.6 Å². The smallest absolute Gasteiger partial charge is 0.0747 e. The molecule has 0 aromatic heterocycles. The Morgan fingerprint density at radius 1 is 0.914 bits per heavy atom. The van der Waals surface area contributed by atoms with Gasteiger partial charge in [0.25, 0.3) is 0 Å². The Labute approximate surface area is 229 Å². The van der Waals surface area contributed by atoms with Crippen LogP contribution < -0.4 is 0 Å². The topological polar surface area (TPSA) is 29.5 Å². The number of thiol groups is 1. The number of aliphatic hydroxyl groups is 1. The SMILES string of the molecule is CC(SPOCC(C)(C)CO)C(CC(C)(S)C(C)(C)C(CC(C)(C)C)c1ccccc1)C(C)(C)C. The Hall–Kier alpha value is 0.270. The number of benzene rings is 1. The van der Waals surface area contributed by atoms with E-state index in [4.69, 9.17) is 17.2 Å². The van der Waals surface area contributed by atoms with Crippen molar-refractivity contribution < 1.29 is 9.63 Å². The van der Waals surface area contributed by atoms with E-state index in [1.165, 1.54) is 5.56 Å². The molecular weight excluding hydrogens is 487 g/mol. The summed E-state index contributed by atoms with van der Waals surface area (Å²) in [5.41, 5.74) is 1.61. The molecule has 5 unspecified atom stereocenters. The molecule has 1 aromatic carbocycles. The zero-order chi connectivity index (χ0) is 27.3. The lowest BCUT2D eigenvalue weighted by Crippen LogP contribution is -2.46. The largest absolute Gasteiger partial charge is 0.396 e. The van der Waals surface area contributed by atoms with Crippen LogP contribution in [0.1, 0.15) is 107 Å². The maximum atomic E-state index is 9.51. The van der Waals surface area contributed by atoms with Crippen LogP contribution in [0.25, 0.3) is 0 Å². The minimum Gasteiger partial charge on any atom is -0.396 e. The van der Waals surface area contributed by atoms with Gasteiger partial charge in [-0.25, -0.2) is 0 Å². The minimum absolute atomic E-state index is 0.0113. The molecule has 0 saturated heterocycles. The molecule has 0 aliphatic rings. The highest BCUT2D eigenvalue weighted by molar-refractivity contribution is 8.48. The van der Waals surface area contributed by atoms with Crippen LogP contribution in [0, 0.1) is 27.6 Å². The van der Waals surface area contributed by atoms with Crippen LogP contribution in [0.15, 0.2) is 30.3 Å². The second-order valence-corrected chi connectivity index (χ2v) is 18.0. The lowest BCUT2D eigenvalue weighted by atomic mass is 9.59. The predicted molar refractivity (Wildman–Crippen MR) is 164 cm³/mol. The summed E-state index contributed by atoms with van der Waals surface area (Å²) >= 11 is 7.38. The second kappa shape index (κ2) is 12.9. The first-order chi connectivity index (χ1) is 15.7. The van der Waals surface area contributed by atoms with Gasteiger partial charge in [0.15, 0.2) is 0 Å². The van der Waals surface area contributed by atoms with E-state index in [0.717, 1.165) is 12.8 Å². The molecule has 2 nitrogen and oxygen atoms in total. The molecule has 0 bridgehead atoms. The summed E-state index contributed by atoms with van der Waals surface area (Å²) in [4.78, 5) is 0. The Morgan fingerprint density at radius 2 is 1.46 bits per heavy atom. The van der Waals surface area contributed by atoms with Crippen molar-refractivity contribution in [1.29, 1.82) is 0 Å². The summed E-state index contributed by atoms with van der Waals surface area (Å²) in [5.74, 6) is 0.906. The number of rotatable bonds is 13. The van der Waals surface area contributed by atoms with Crippen LogP contribution >= 0.6 is 32.0 Å². The predicted octanol–water partition coefficient (Wildman–Crippen LogP) is 9.64. The van der Waals surface area contributed by atoms with Crippen LogP contribution in [0.3, 0.4) is 0 Å². The maximum absolute atomic E-state index is 9.51. The summed E-state index contributed by atoms with van der Waals surface area (Å²) in [5, 5.41) is 9.96. The molecule has 0 aliphatic carbocycles. The van der Waals surface area contributed by atoms with Gasteiger partial charge in [-0.2, -0.15) is 12.6 Å². The molecule has 0 spiro atoms. The van der Waals surface area contributed by atoms with Crippen molar-refractivity contribution in [3.8, 4) is 0 Å². The van der Waals surface area contributed by atoms with E-state index in [0.29, 0.717) is 31.7 Å². The number of aliphatic hydroxyl groups excluding tert-OH is 1. The van der Waals surface area contributed by atoms with Crippen LogP contribution in [0.5, 0.6) is 0 Å². The van der Waals surface area contributed by atoms with Crippen LogP contribution in [-0.2, 0) is 4.52 Å². The zero-order valence-electron chi connectivity index (χ0n) is 24.7. The van der Waals surface area contributed by atoms with Crippen LogP contribution in [0.4, 0.5) is 0 Å². The van der Waals surface area contributed by atoms with E-state index in [2.05, 4.69) is 99.6 Å². The van der Waals surface area contributed by atoms with Gasteiger partial charge in [-0.1, -0.05) is 113 Å². The van der Waals surface area contributed by atoms with Crippen molar-refractivity contribution in [3.05, 3.63) is 35.9 Å². The summed E-state index contributed by atoms with van der Waals surface area (Å²) in [6.45, 7) is 28.6. The summed E-state index contributed by atoms with van der Waals surface area (Å²) in [6, 6.07) is 11.1. The molecule has 1 rings (SSSR count). The lowest BCUT2D eigenvalue weighted by molar-refractivity contribution is 0.107. The highest BCUT2D eigenvalue weighted by Gasteiger charge is 2.48. The maximum Gasteiger partial charge on any atom is 0.0747 e. The lowest BCUT2D eigenvalue weighted by Gasteiger charge is -2.51. The number of hydrogen-bond donors (Lipinski definition) is 2. The van der Waals surface area contributed by atoms with Gasteiger partial charge >= 0.3 is 0 Å². The van der Waals surface area contributed by atoms with Gasteiger partial charge in [0, 0.05) is 15.4 Å². The third-order valence-electron chi connectivity index (χ3n) is 7.76. The normalized spacial score (nSPS) is 18.5. The van der Waals surface area contributed by atoms with Gasteiger partial charge in [0.1, 0.15) is 0 Å². The van der Waals surface area contributed by atoms with E-state index in [1.54, 1.807) is 0 Å². The third-order valence-corrected chi connectivity index (χ3v) is 11.3. The van der Waals surface area contributed by atoms with E-state index >= 15 is 0 Å². The van der Waals surface area contributed by atoms with Crippen molar-refractivity contribution in [2.45, 2.75) is 112 Å². The fourth-order valence-electron chi connectivity index (χ4n) is 4.79. The molecule has 0 radical (unpaired) electrons. The fraction of sp³-hybridized carbons (Fsp3) is 0.800. The monoisotopic (exact) mass is 542 g/mol. The molecular formula is C30H55O2PS2. The van der Waals surface area contributed by atoms with E-state index < -0.39 is 0 Å². The van der Waals surface area contributed by atoms with E-state index in [9.17, 15) is 5.11 Å². The van der Waals surface area contributed by atoms with Gasteiger partial charge in [-0.05, 0) is 46.5 Å². The van der Waals surface area contributed by atoms with E-state index in [-0.39, 0.29) is 33.0 Å². The van der Waals surface area contributed by atoms with Gasteiger partial charge < -0.3 is 9.63 Å². The average Bonchev–Trinajstić information content (AvgIpc) is 2.72. The van der Waals surface area contributed by atoms with Gasteiger partial charge in [-0.3, -0.25) is 0 Å². The highest BCUT2D eigenvalue weighted by Crippen LogP contribution is 2.56. The fourth-order valence-corrected chi connectivity index (χ4v) is 7.81. The van der Waals surface area contributed by atoms with Crippen molar-refractivity contribution >= 4 is 32.0 Å². The first-order valence-corrected chi connectivity index (χ1v) is 16.1. The van der Waals surface area contributed by atoms with Crippen LogP contribution in [-0.4, -0.2) is 28.3 Å².